The van der Waals surface area contributed by atoms with Crippen LogP contribution >= 0.6 is 0 Å². The first-order valence-electron chi connectivity index (χ1n) is 5.99. The number of carbonyl (C=O) groups excluding carboxylic acids is 1. The van der Waals surface area contributed by atoms with E-state index < -0.39 is 5.54 Å². The highest BCUT2D eigenvalue weighted by molar-refractivity contribution is 5.81. The number of esters is 1. The molecule has 0 aromatic carbocycles. The van der Waals surface area contributed by atoms with Gasteiger partial charge < -0.3 is 4.74 Å². The van der Waals surface area contributed by atoms with E-state index in [9.17, 15) is 4.79 Å². The van der Waals surface area contributed by atoms with E-state index in [0.717, 1.165) is 19.3 Å². The van der Waals surface area contributed by atoms with Crippen molar-refractivity contribution < 1.29 is 9.53 Å². The highest BCUT2D eigenvalue weighted by Gasteiger charge is 2.49. The van der Waals surface area contributed by atoms with Crippen LogP contribution in [0, 0.1) is 5.41 Å². The molecule has 1 unspecified atom stereocenters. The highest BCUT2D eigenvalue weighted by Crippen LogP contribution is 2.44. The molecule has 0 aromatic rings. The number of rotatable bonds is 5. The van der Waals surface area contributed by atoms with Crippen molar-refractivity contribution in [1.82, 2.24) is 5.32 Å². The Morgan fingerprint density at radius 1 is 1.50 bits per heavy atom. The molecule has 0 amide bonds. The van der Waals surface area contributed by atoms with Crippen LogP contribution in [0.3, 0.4) is 0 Å². The Balaban J connectivity index is 2.77. The van der Waals surface area contributed by atoms with E-state index in [1.54, 1.807) is 6.08 Å². The minimum atomic E-state index is -0.492. The molecule has 1 rings (SSSR count). The van der Waals surface area contributed by atoms with Gasteiger partial charge in [-0.1, -0.05) is 19.9 Å². The zero-order valence-corrected chi connectivity index (χ0v) is 10.6. The quantitative estimate of drug-likeness (QED) is 0.576. The Kier molecular flexibility index (Phi) is 4.14. The maximum absolute atomic E-state index is 12.0. The maximum atomic E-state index is 12.0. The molecule has 1 N–H and O–H groups in total. The van der Waals surface area contributed by atoms with Gasteiger partial charge in [0.25, 0.3) is 0 Å². The molecule has 0 spiro atoms. The second-order valence-electron chi connectivity index (χ2n) is 5.31. The van der Waals surface area contributed by atoms with E-state index >= 15 is 0 Å². The molecular formula is C13H23NO2. The maximum Gasteiger partial charge on any atom is 0.326 e. The van der Waals surface area contributed by atoms with Gasteiger partial charge in [-0.15, -0.1) is 6.58 Å². The molecule has 1 saturated carbocycles. The SMILES string of the molecule is C=CCNC1(C(=O)OCC)CCC(C)(C)C1. The Labute approximate surface area is 98.2 Å². The average Bonchev–Trinajstić information content (AvgIpc) is 2.53. The van der Waals surface area contributed by atoms with E-state index in [0.29, 0.717) is 13.2 Å². The van der Waals surface area contributed by atoms with Gasteiger partial charge in [0.2, 0.25) is 0 Å². The molecule has 3 nitrogen and oxygen atoms in total. The standard InChI is InChI=1S/C13H23NO2/c1-5-9-14-13(11(15)16-6-2)8-7-12(3,4)10-13/h5,14H,1,6-10H2,2-4H3. The first-order chi connectivity index (χ1) is 7.46. The second-order valence-corrected chi connectivity index (χ2v) is 5.31. The van der Waals surface area contributed by atoms with Crippen LogP contribution in [0.15, 0.2) is 12.7 Å². The number of hydrogen-bond donors (Lipinski definition) is 1. The molecule has 16 heavy (non-hydrogen) atoms. The molecule has 0 saturated heterocycles. The van der Waals surface area contributed by atoms with Crippen molar-refractivity contribution in [3.05, 3.63) is 12.7 Å². The monoisotopic (exact) mass is 225 g/mol. The second kappa shape index (κ2) is 5.00. The summed E-state index contributed by atoms with van der Waals surface area (Å²) >= 11 is 0. The number of carbonyl (C=O) groups is 1. The van der Waals surface area contributed by atoms with E-state index in [1.807, 2.05) is 6.92 Å². The summed E-state index contributed by atoms with van der Waals surface area (Å²) in [5, 5.41) is 3.29. The van der Waals surface area contributed by atoms with Crippen molar-refractivity contribution in [2.45, 2.75) is 45.6 Å². The predicted molar refractivity (Wildman–Crippen MR) is 65.2 cm³/mol. The van der Waals surface area contributed by atoms with Gasteiger partial charge in [-0.2, -0.15) is 0 Å². The predicted octanol–water partition coefficient (Wildman–Crippen LogP) is 2.27. The van der Waals surface area contributed by atoms with Gasteiger partial charge in [-0.25, -0.2) is 0 Å². The fourth-order valence-corrected chi connectivity index (χ4v) is 2.48. The van der Waals surface area contributed by atoms with Gasteiger partial charge in [0, 0.05) is 6.54 Å². The topological polar surface area (TPSA) is 38.3 Å². The van der Waals surface area contributed by atoms with Crippen molar-refractivity contribution in [2.75, 3.05) is 13.2 Å². The molecular weight excluding hydrogens is 202 g/mol. The van der Waals surface area contributed by atoms with E-state index in [4.69, 9.17) is 4.74 Å². The molecule has 92 valence electrons. The normalized spacial score (nSPS) is 27.7. The molecule has 1 aliphatic rings. The van der Waals surface area contributed by atoms with Gasteiger partial charge in [-0.05, 0) is 31.6 Å². The number of nitrogens with one attached hydrogen (secondary N) is 1. The molecule has 0 aliphatic heterocycles. The Bertz CT molecular complexity index is 273. The van der Waals surface area contributed by atoms with Crippen LogP contribution < -0.4 is 5.32 Å². The highest BCUT2D eigenvalue weighted by atomic mass is 16.5. The summed E-state index contributed by atoms with van der Waals surface area (Å²) in [6.07, 6.45) is 4.53. The Morgan fingerprint density at radius 3 is 2.62 bits per heavy atom. The zero-order valence-electron chi connectivity index (χ0n) is 10.6. The van der Waals surface area contributed by atoms with Crippen LogP contribution in [0.2, 0.25) is 0 Å². The van der Waals surface area contributed by atoms with Gasteiger partial charge in [-0.3, -0.25) is 10.1 Å². The lowest BCUT2D eigenvalue weighted by Crippen LogP contribution is -2.51. The van der Waals surface area contributed by atoms with Crippen molar-refractivity contribution >= 4 is 5.97 Å². The van der Waals surface area contributed by atoms with Gasteiger partial charge in [0.05, 0.1) is 6.61 Å². The molecule has 0 bridgehead atoms. The fraction of sp³-hybridized carbons (Fsp3) is 0.769. The molecule has 1 atom stereocenters. The zero-order chi connectivity index (χ0) is 12.2. The van der Waals surface area contributed by atoms with Crippen LogP contribution in [0.1, 0.15) is 40.0 Å². The van der Waals surface area contributed by atoms with Crippen molar-refractivity contribution in [1.29, 1.82) is 0 Å². The van der Waals surface area contributed by atoms with E-state index in [-0.39, 0.29) is 11.4 Å². The van der Waals surface area contributed by atoms with Gasteiger partial charge in [0.1, 0.15) is 5.54 Å². The van der Waals surface area contributed by atoms with Crippen LogP contribution in [-0.4, -0.2) is 24.7 Å². The van der Waals surface area contributed by atoms with Crippen LogP contribution in [0.5, 0.6) is 0 Å². The molecule has 1 fully saturated rings. The summed E-state index contributed by atoms with van der Waals surface area (Å²) in [4.78, 5) is 12.0. The van der Waals surface area contributed by atoms with Gasteiger partial charge in [0.15, 0.2) is 0 Å². The molecule has 1 aliphatic carbocycles. The lowest BCUT2D eigenvalue weighted by atomic mass is 9.87. The smallest absolute Gasteiger partial charge is 0.326 e. The third kappa shape index (κ3) is 2.85. The molecule has 3 heteroatoms. The summed E-state index contributed by atoms with van der Waals surface area (Å²) in [5.41, 5.74) is -0.283. The van der Waals surface area contributed by atoms with E-state index in [1.165, 1.54) is 0 Å². The number of ether oxygens (including phenoxy) is 1. The minimum absolute atomic E-state index is 0.109. The van der Waals surface area contributed by atoms with Crippen molar-refractivity contribution in [3.63, 3.8) is 0 Å². The summed E-state index contributed by atoms with van der Waals surface area (Å²) in [7, 11) is 0. The van der Waals surface area contributed by atoms with Crippen molar-refractivity contribution in [3.8, 4) is 0 Å². The van der Waals surface area contributed by atoms with Crippen LogP contribution in [-0.2, 0) is 9.53 Å². The first kappa shape index (κ1) is 13.2. The third-order valence-electron chi connectivity index (χ3n) is 3.26. The lowest BCUT2D eigenvalue weighted by molar-refractivity contribution is -0.151. The Hall–Kier alpha value is -0.830. The summed E-state index contributed by atoms with van der Waals surface area (Å²) in [6.45, 7) is 11.0. The fourth-order valence-electron chi connectivity index (χ4n) is 2.48. The summed E-state index contributed by atoms with van der Waals surface area (Å²) in [5.74, 6) is -0.109. The average molecular weight is 225 g/mol. The van der Waals surface area contributed by atoms with Gasteiger partial charge >= 0.3 is 5.97 Å². The number of hydrogen-bond acceptors (Lipinski definition) is 3. The third-order valence-corrected chi connectivity index (χ3v) is 3.26. The molecule has 0 heterocycles. The van der Waals surface area contributed by atoms with Crippen LogP contribution in [0.25, 0.3) is 0 Å². The minimum Gasteiger partial charge on any atom is -0.465 e. The largest absolute Gasteiger partial charge is 0.465 e. The van der Waals surface area contributed by atoms with E-state index in [2.05, 4.69) is 25.7 Å². The van der Waals surface area contributed by atoms with Crippen LogP contribution in [0.4, 0.5) is 0 Å². The first-order valence-corrected chi connectivity index (χ1v) is 5.99. The molecule has 0 aromatic heterocycles. The summed E-state index contributed by atoms with van der Waals surface area (Å²) < 4.78 is 5.18. The lowest BCUT2D eigenvalue weighted by Gasteiger charge is -2.29. The Morgan fingerprint density at radius 2 is 2.19 bits per heavy atom. The molecule has 0 radical (unpaired) electrons. The summed E-state index contributed by atoms with van der Waals surface area (Å²) in [6, 6.07) is 0. The van der Waals surface area contributed by atoms with Crippen molar-refractivity contribution in [2.24, 2.45) is 5.41 Å².